The first-order valence-electron chi connectivity index (χ1n) is 6.30. The summed E-state index contributed by atoms with van der Waals surface area (Å²) in [6.07, 6.45) is 5.27. The molecule has 0 unspecified atom stereocenters. The molecule has 0 saturated carbocycles. The summed E-state index contributed by atoms with van der Waals surface area (Å²) in [4.78, 5) is 0.419. The Balaban J connectivity index is 2.53. The van der Waals surface area contributed by atoms with E-state index in [4.69, 9.17) is 0 Å². The van der Waals surface area contributed by atoms with E-state index in [-0.39, 0.29) is 0 Å². The van der Waals surface area contributed by atoms with Crippen LogP contribution in [0.3, 0.4) is 0 Å². The second-order valence-corrected chi connectivity index (χ2v) is 6.43. The van der Waals surface area contributed by atoms with Crippen molar-refractivity contribution in [1.29, 1.82) is 0 Å². The van der Waals surface area contributed by atoms with Crippen molar-refractivity contribution in [1.82, 2.24) is 4.72 Å². The van der Waals surface area contributed by atoms with E-state index >= 15 is 0 Å². The molecule has 0 fully saturated rings. The van der Waals surface area contributed by atoms with Gasteiger partial charge in [0.1, 0.15) is 0 Å². The van der Waals surface area contributed by atoms with E-state index in [2.05, 4.69) is 18.2 Å². The van der Waals surface area contributed by atoms with Crippen molar-refractivity contribution < 1.29 is 8.42 Å². The van der Waals surface area contributed by atoms with E-state index in [0.717, 1.165) is 24.8 Å². The normalized spacial score (nSPS) is 24.7. The lowest BCUT2D eigenvalue weighted by Crippen LogP contribution is -2.38. The Bertz CT molecular complexity index is 551. The van der Waals surface area contributed by atoms with Crippen molar-refractivity contribution in [2.24, 2.45) is 0 Å². The summed E-state index contributed by atoms with van der Waals surface area (Å²) in [5.74, 6) is 0. The molecule has 98 valence electrons. The fourth-order valence-corrected chi connectivity index (χ4v) is 4.36. The van der Waals surface area contributed by atoms with Crippen molar-refractivity contribution in [3.8, 4) is 0 Å². The van der Waals surface area contributed by atoms with Gasteiger partial charge in [0, 0.05) is 0 Å². The molecular weight excluding hydrogens is 246 g/mol. The van der Waals surface area contributed by atoms with Crippen molar-refractivity contribution in [3.63, 3.8) is 0 Å². The van der Waals surface area contributed by atoms with Crippen LogP contribution < -0.4 is 4.72 Å². The summed E-state index contributed by atoms with van der Waals surface area (Å²) in [6.45, 7) is 5.87. The molecule has 0 aromatic heterocycles. The predicted octanol–water partition coefficient (Wildman–Crippen LogP) is 2.94. The Morgan fingerprint density at radius 3 is 2.78 bits per heavy atom. The van der Waals surface area contributed by atoms with Gasteiger partial charge in [-0.1, -0.05) is 44.0 Å². The van der Waals surface area contributed by atoms with Crippen LogP contribution in [0.5, 0.6) is 0 Å². The predicted molar refractivity (Wildman–Crippen MR) is 72.8 cm³/mol. The molecule has 0 saturated heterocycles. The topological polar surface area (TPSA) is 46.2 Å². The number of unbranched alkanes of at least 4 members (excludes halogenated alkanes) is 1. The number of hydrogen-bond acceptors (Lipinski definition) is 2. The van der Waals surface area contributed by atoms with Crippen molar-refractivity contribution in [2.45, 2.75) is 43.0 Å². The molecule has 3 nitrogen and oxygen atoms in total. The lowest BCUT2D eigenvalue weighted by atomic mass is 9.83. The van der Waals surface area contributed by atoms with E-state index < -0.39 is 15.6 Å². The van der Waals surface area contributed by atoms with Crippen LogP contribution in [0.15, 0.2) is 41.8 Å². The molecule has 1 aromatic rings. The average Bonchev–Trinajstić information content (AvgIpc) is 2.57. The highest BCUT2D eigenvalue weighted by Crippen LogP contribution is 2.41. The van der Waals surface area contributed by atoms with Gasteiger partial charge in [-0.3, -0.25) is 0 Å². The number of rotatable bonds is 5. The van der Waals surface area contributed by atoms with Gasteiger partial charge in [0.05, 0.1) is 10.4 Å². The van der Waals surface area contributed by atoms with E-state index in [1.807, 2.05) is 12.1 Å². The minimum Gasteiger partial charge on any atom is -0.207 e. The van der Waals surface area contributed by atoms with E-state index in [9.17, 15) is 8.42 Å². The average molecular weight is 265 g/mol. The fraction of sp³-hybridized carbons (Fsp3) is 0.429. The molecule has 2 rings (SSSR count). The Labute approximate surface area is 109 Å². The van der Waals surface area contributed by atoms with Crippen LogP contribution in [0.2, 0.25) is 0 Å². The van der Waals surface area contributed by atoms with Crippen molar-refractivity contribution in [3.05, 3.63) is 42.5 Å². The number of benzene rings is 1. The molecule has 0 bridgehead atoms. The summed E-state index contributed by atoms with van der Waals surface area (Å²) in [6, 6.07) is 7.24. The van der Waals surface area contributed by atoms with Crippen LogP contribution >= 0.6 is 0 Å². The zero-order valence-corrected chi connectivity index (χ0v) is 11.5. The second-order valence-electron chi connectivity index (χ2n) is 4.78. The standard InChI is InChI=1S/C14H19NO2S/c1-3-5-11-14(10-4-2)12-8-6-7-9-13(12)18(16,17)15-14/h4,6-9,15H,2-3,5,10-11H2,1H3/t14-/m1/s1. The van der Waals surface area contributed by atoms with Crippen LogP contribution in [-0.4, -0.2) is 8.42 Å². The van der Waals surface area contributed by atoms with Gasteiger partial charge in [0.2, 0.25) is 10.0 Å². The molecule has 0 spiro atoms. The zero-order chi connectivity index (χ0) is 13.2. The third kappa shape index (κ3) is 2.10. The molecule has 0 amide bonds. The maximum atomic E-state index is 12.2. The molecule has 0 radical (unpaired) electrons. The lowest BCUT2D eigenvalue weighted by molar-refractivity contribution is 0.365. The summed E-state index contributed by atoms with van der Waals surface area (Å²) in [5, 5.41) is 0. The SMILES string of the molecule is C=CC[C@]1(CCCC)NS(=O)(=O)c2ccccc21. The van der Waals surface area contributed by atoms with Crippen molar-refractivity contribution >= 4 is 10.0 Å². The molecule has 0 aliphatic carbocycles. The third-order valence-corrected chi connectivity index (χ3v) is 5.07. The van der Waals surface area contributed by atoms with Crippen molar-refractivity contribution in [2.75, 3.05) is 0 Å². The lowest BCUT2D eigenvalue weighted by Gasteiger charge is -2.28. The van der Waals surface area contributed by atoms with Crippen LogP contribution in [0, 0.1) is 0 Å². The van der Waals surface area contributed by atoms with Gasteiger partial charge in [-0.05, 0) is 24.5 Å². The zero-order valence-electron chi connectivity index (χ0n) is 10.6. The molecule has 1 aliphatic heterocycles. The van der Waals surface area contributed by atoms with Gasteiger partial charge in [-0.25, -0.2) is 13.1 Å². The summed E-state index contributed by atoms with van der Waals surface area (Å²) in [5.41, 5.74) is 0.394. The molecule has 4 heteroatoms. The third-order valence-electron chi connectivity index (χ3n) is 3.47. The first-order valence-corrected chi connectivity index (χ1v) is 7.78. The number of hydrogen-bond donors (Lipinski definition) is 1. The van der Waals surface area contributed by atoms with E-state index in [1.54, 1.807) is 18.2 Å². The number of sulfonamides is 1. The van der Waals surface area contributed by atoms with Gasteiger partial charge < -0.3 is 0 Å². The van der Waals surface area contributed by atoms with Gasteiger partial charge in [0.25, 0.3) is 0 Å². The highest BCUT2D eigenvalue weighted by molar-refractivity contribution is 7.89. The van der Waals surface area contributed by atoms with Gasteiger partial charge in [-0.15, -0.1) is 6.58 Å². The number of nitrogens with one attached hydrogen (secondary N) is 1. The van der Waals surface area contributed by atoms with Crippen LogP contribution in [0.4, 0.5) is 0 Å². The smallest absolute Gasteiger partial charge is 0.207 e. The van der Waals surface area contributed by atoms with Crippen LogP contribution in [-0.2, 0) is 15.6 Å². The fourth-order valence-electron chi connectivity index (χ4n) is 2.63. The van der Waals surface area contributed by atoms with Crippen LogP contribution in [0.1, 0.15) is 38.2 Å². The molecule has 1 aromatic carbocycles. The monoisotopic (exact) mass is 265 g/mol. The minimum absolute atomic E-state index is 0.419. The van der Waals surface area contributed by atoms with E-state index in [1.165, 1.54) is 0 Å². The summed E-state index contributed by atoms with van der Waals surface area (Å²) < 4.78 is 27.2. The van der Waals surface area contributed by atoms with E-state index in [0.29, 0.717) is 11.3 Å². The highest BCUT2D eigenvalue weighted by atomic mass is 32.2. The minimum atomic E-state index is -3.36. The van der Waals surface area contributed by atoms with Crippen LogP contribution in [0.25, 0.3) is 0 Å². The van der Waals surface area contributed by atoms with Gasteiger partial charge in [0.15, 0.2) is 0 Å². The first kappa shape index (κ1) is 13.3. The maximum absolute atomic E-state index is 12.2. The van der Waals surface area contributed by atoms with Gasteiger partial charge >= 0.3 is 0 Å². The largest absolute Gasteiger partial charge is 0.241 e. The number of fused-ring (bicyclic) bond motifs is 1. The first-order chi connectivity index (χ1) is 8.56. The Morgan fingerprint density at radius 1 is 1.39 bits per heavy atom. The molecule has 1 heterocycles. The van der Waals surface area contributed by atoms with Gasteiger partial charge in [-0.2, -0.15) is 0 Å². The summed E-state index contributed by atoms with van der Waals surface area (Å²) >= 11 is 0. The molecule has 1 aliphatic rings. The molecular formula is C14H19NO2S. The Hall–Kier alpha value is -1.13. The second kappa shape index (κ2) is 4.86. The highest BCUT2D eigenvalue weighted by Gasteiger charge is 2.44. The molecule has 1 atom stereocenters. The molecule has 1 N–H and O–H groups in total. The maximum Gasteiger partial charge on any atom is 0.241 e. The summed E-state index contributed by atoms with van der Waals surface area (Å²) in [7, 11) is -3.36. The quantitative estimate of drug-likeness (QED) is 0.832. The molecule has 18 heavy (non-hydrogen) atoms. The Kier molecular flexibility index (Phi) is 3.59. The Morgan fingerprint density at radius 2 is 2.11 bits per heavy atom.